The number of hydrogen-bond donors (Lipinski definition) is 0. The van der Waals surface area contributed by atoms with Crippen LogP contribution in [0.5, 0.6) is 0 Å². The van der Waals surface area contributed by atoms with Crippen LogP contribution in [0.3, 0.4) is 0 Å². The molecule has 2 saturated carbocycles. The fourth-order valence-corrected chi connectivity index (χ4v) is 2.63. The second kappa shape index (κ2) is 3.86. The molecule has 2 rings (SSSR count). The van der Waals surface area contributed by atoms with Gasteiger partial charge < -0.3 is 4.90 Å². The van der Waals surface area contributed by atoms with Crippen molar-refractivity contribution in [3.63, 3.8) is 0 Å². The first-order chi connectivity index (χ1) is 7.42. The van der Waals surface area contributed by atoms with Crippen LogP contribution < -0.4 is 0 Å². The molecule has 1 amide bonds. The molecule has 2 aliphatic rings. The monoisotopic (exact) mass is 223 g/mol. The predicted molar refractivity (Wildman–Crippen MR) is 61.9 cm³/mol. The standard InChI is InChI=1S/C13H21NO2/c1-13(2)8-11(13)12(16)14(3)9-4-6-10(15)7-5-9/h9,11H,4-8H2,1-3H3. The molecule has 90 valence electrons. The molecular formula is C13H21NO2. The molecule has 0 saturated heterocycles. The third kappa shape index (κ3) is 2.13. The van der Waals surface area contributed by atoms with Gasteiger partial charge in [0.1, 0.15) is 5.78 Å². The Bertz CT molecular complexity index is 312. The van der Waals surface area contributed by atoms with E-state index in [4.69, 9.17) is 0 Å². The lowest BCUT2D eigenvalue weighted by Crippen LogP contribution is -2.40. The Labute approximate surface area is 97.2 Å². The molecule has 0 aromatic rings. The zero-order valence-electron chi connectivity index (χ0n) is 10.5. The number of hydrogen-bond acceptors (Lipinski definition) is 2. The molecule has 0 aromatic heterocycles. The third-order valence-corrected chi connectivity index (χ3v) is 4.22. The van der Waals surface area contributed by atoms with E-state index in [0.29, 0.717) is 24.7 Å². The van der Waals surface area contributed by atoms with Crippen LogP contribution in [-0.2, 0) is 9.59 Å². The van der Waals surface area contributed by atoms with Gasteiger partial charge in [-0.2, -0.15) is 0 Å². The van der Waals surface area contributed by atoms with Crippen LogP contribution in [0.2, 0.25) is 0 Å². The van der Waals surface area contributed by atoms with E-state index in [0.717, 1.165) is 19.3 Å². The zero-order chi connectivity index (χ0) is 11.9. The number of amides is 1. The second-order valence-electron chi connectivity index (χ2n) is 5.96. The molecular weight excluding hydrogens is 202 g/mol. The van der Waals surface area contributed by atoms with E-state index in [-0.39, 0.29) is 17.2 Å². The molecule has 0 N–H and O–H groups in total. The highest BCUT2D eigenvalue weighted by molar-refractivity contribution is 5.83. The van der Waals surface area contributed by atoms with Crippen molar-refractivity contribution in [2.24, 2.45) is 11.3 Å². The minimum Gasteiger partial charge on any atom is -0.342 e. The summed E-state index contributed by atoms with van der Waals surface area (Å²) in [5.74, 6) is 0.850. The van der Waals surface area contributed by atoms with Gasteiger partial charge in [0, 0.05) is 31.8 Å². The summed E-state index contributed by atoms with van der Waals surface area (Å²) in [6, 6.07) is 0.293. The molecule has 2 aliphatic carbocycles. The average Bonchev–Trinajstić information content (AvgIpc) is 2.87. The Morgan fingerprint density at radius 2 is 1.81 bits per heavy atom. The molecule has 0 bridgehead atoms. The van der Waals surface area contributed by atoms with Crippen LogP contribution in [-0.4, -0.2) is 29.7 Å². The summed E-state index contributed by atoms with van der Waals surface area (Å²) in [6.45, 7) is 4.29. The quantitative estimate of drug-likeness (QED) is 0.718. The molecule has 0 aromatic carbocycles. The van der Waals surface area contributed by atoms with Crippen LogP contribution in [0.4, 0.5) is 0 Å². The Morgan fingerprint density at radius 1 is 1.31 bits per heavy atom. The Hall–Kier alpha value is -0.860. The van der Waals surface area contributed by atoms with Gasteiger partial charge >= 0.3 is 0 Å². The third-order valence-electron chi connectivity index (χ3n) is 4.22. The normalized spacial score (nSPS) is 28.9. The van der Waals surface area contributed by atoms with E-state index in [1.165, 1.54) is 0 Å². The van der Waals surface area contributed by atoms with Crippen molar-refractivity contribution in [3.05, 3.63) is 0 Å². The Morgan fingerprint density at radius 3 is 2.25 bits per heavy atom. The molecule has 1 atom stereocenters. The van der Waals surface area contributed by atoms with Crippen LogP contribution in [0, 0.1) is 11.3 Å². The largest absolute Gasteiger partial charge is 0.342 e. The molecule has 0 radical (unpaired) electrons. The summed E-state index contributed by atoms with van der Waals surface area (Å²) < 4.78 is 0. The number of nitrogens with zero attached hydrogens (tertiary/aromatic N) is 1. The van der Waals surface area contributed by atoms with Crippen molar-refractivity contribution in [2.75, 3.05) is 7.05 Å². The molecule has 0 aliphatic heterocycles. The smallest absolute Gasteiger partial charge is 0.226 e. The minimum absolute atomic E-state index is 0.204. The summed E-state index contributed by atoms with van der Waals surface area (Å²) in [5, 5.41) is 0. The lowest BCUT2D eigenvalue weighted by molar-refractivity contribution is -0.136. The van der Waals surface area contributed by atoms with Crippen molar-refractivity contribution < 1.29 is 9.59 Å². The van der Waals surface area contributed by atoms with Gasteiger partial charge in [0.25, 0.3) is 0 Å². The summed E-state index contributed by atoms with van der Waals surface area (Å²) in [5.41, 5.74) is 0.204. The molecule has 0 spiro atoms. The van der Waals surface area contributed by atoms with Gasteiger partial charge in [-0.05, 0) is 24.7 Å². The first-order valence-electron chi connectivity index (χ1n) is 6.20. The topological polar surface area (TPSA) is 37.4 Å². The highest BCUT2D eigenvalue weighted by Gasteiger charge is 2.52. The molecule has 16 heavy (non-hydrogen) atoms. The highest BCUT2D eigenvalue weighted by atomic mass is 16.2. The van der Waals surface area contributed by atoms with Crippen molar-refractivity contribution in [3.8, 4) is 0 Å². The van der Waals surface area contributed by atoms with Crippen molar-refractivity contribution in [2.45, 2.75) is 52.0 Å². The van der Waals surface area contributed by atoms with Gasteiger partial charge in [-0.15, -0.1) is 0 Å². The summed E-state index contributed by atoms with van der Waals surface area (Å²) in [4.78, 5) is 25.2. The van der Waals surface area contributed by atoms with E-state index >= 15 is 0 Å². The summed E-state index contributed by atoms with van der Waals surface area (Å²) in [7, 11) is 1.90. The first-order valence-corrected chi connectivity index (χ1v) is 6.20. The number of rotatable bonds is 2. The fraction of sp³-hybridized carbons (Fsp3) is 0.846. The number of carbonyl (C=O) groups is 2. The van der Waals surface area contributed by atoms with Gasteiger partial charge in [-0.3, -0.25) is 9.59 Å². The van der Waals surface area contributed by atoms with Crippen LogP contribution in [0.1, 0.15) is 46.0 Å². The van der Waals surface area contributed by atoms with Crippen molar-refractivity contribution >= 4 is 11.7 Å². The average molecular weight is 223 g/mol. The van der Waals surface area contributed by atoms with E-state index < -0.39 is 0 Å². The van der Waals surface area contributed by atoms with Crippen LogP contribution in [0.25, 0.3) is 0 Å². The first kappa shape index (κ1) is 11.6. The van der Waals surface area contributed by atoms with Gasteiger partial charge in [-0.25, -0.2) is 0 Å². The van der Waals surface area contributed by atoms with Gasteiger partial charge in [-0.1, -0.05) is 13.8 Å². The number of carbonyl (C=O) groups excluding carboxylic acids is 2. The van der Waals surface area contributed by atoms with Crippen molar-refractivity contribution in [1.82, 2.24) is 4.90 Å². The Kier molecular flexibility index (Phi) is 2.81. The summed E-state index contributed by atoms with van der Waals surface area (Å²) in [6.07, 6.45) is 4.02. The molecule has 3 nitrogen and oxygen atoms in total. The highest BCUT2D eigenvalue weighted by Crippen LogP contribution is 2.52. The van der Waals surface area contributed by atoms with E-state index in [2.05, 4.69) is 13.8 Å². The fourth-order valence-electron chi connectivity index (χ4n) is 2.63. The predicted octanol–water partition coefficient (Wildman–Crippen LogP) is 2.00. The lowest BCUT2D eigenvalue weighted by Gasteiger charge is -2.31. The number of Topliss-reactive ketones (excluding diaryl/α,β-unsaturated/α-hetero) is 1. The Balaban J connectivity index is 1.90. The molecule has 2 fully saturated rings. The maximum absolute atomic E-state index is 12.1. The van der Waals surface area contributed by atoms with Gasteiger partial charge in [0.05, 0.1) is 0 Å². The number of ketones is 1. The van der Waals surface area contributed by atoms with E-state index in [1.54, 1.807) is 0 Å². The van der Waals surface area contributed by atoms with Crippen LogP contribution in [0.15, 0.2) is 0 Å². The zero-order valence-corrected chi connectivity index (χ0v) is 10.5. The maximum atomic E-state index is 12.1. The lowest BCUT2D eigenvalue weighted by atomic mass is 9.93. The molecule has 0 heterocycles. The van der Waals surface area contributed by atoms with E-state index in [1.807, 2.05) is 11.9 Å². The molecule has 1 unspecified atom stereocenters. The summed E-state index contributed by atoms with van der Waals surface area (Å²) >= 11 is 0. The van der Waals surface area contributed by atoms with Crippen LogP contribution >= 0.6 is 0 Å². The molecule has 3 heteroatoms. The maximum Gasteiger partial charge on any atom is 0.226 e. The van der Waals surface area contributed by atoms with Gasteiger partial charge in [0.2, 0.25) is 5.91 Å². The SMILES string of the molecule is CN(C(=O)C1CC1(C)C)C1CCC(=O)CC1. The van der Waals surface area contributed by atoms with Crippen molar-refractivity contribution in [1.29, 1.82) is 0 Å². The minimum atomic E-state index is 0.204. The van der Waals surface area contributed by atoms with E-state index in [9.17, 15) is 9.59 Å². The van der Waals surface area contributed by atoms with Gasteiger partial charge in [0.15, 0.2) is 0 Å². The second-order valence-corrected chi connectivity index (χ2v) is 5.96.